The fourth-order valence-corrected chi connectivity index (χ4v) is 3.93. The summed E-state index contributed by atoms with van der Waals surface area (Å²) in [7, 11) is 0. The van der Waals surface area contributed by atoms with Crippen molar-refractivity contribution in [2.24, 2.45) is 0 Å². The molecule has 1 aliphatic heterocycles. The largest absolute Gasteiger partial charge is 0.331 e. The number of halogens is 1. The average molecular weight is 412 g/mol. The molecular weight excluding hydrogens is 391 g/mol. The summed E-state index contributed by atoms with van der Waals surface area (Å²) in [5.74, 6) is -0.260. The highest BCUT2D eigenvalue weighted by Crippen LogP contribution is 2.28. The molecule has 0 N–H and O–H groups in total. The molecule has 0 saturated carbocycles. The lowest BCUT2D eigenvalue weighted by Crippen LogP contribution is -2.29. The molecule has 2 aromatic carbocycles. The van der Waals surface area contributed by atoms with Crippen molar-refractivity contribution in [1.82, 2.24) is 19.7 Å². The Balaban J connectivity index is 1.47. The molecule has 31 heavy (non-hydrogen) atoms. The lowest BCUT2D eigenvalue weighted by atomic mass is 10.1. The van der Waals surface area contributed by atoms with Gasteiger partial charge >= 0.3 is 0 Å². The molecule has 0 atom stereocenters. The molecule has 2 aromatic heterocycles. The fraction of sp³-hybridized carbons (Fsp3) is 0.160. The first-order valence-corrected chi connectivity index (χ1v) is 10.2. The van der Waals surface area contributed by atoms with Gasteiger partial charge in [0.05, 0.1) is 23.6 Å². The molecule has 6 heteroatoms. The average Bonchev–Trinajstić information content (AvgIpc) is 3.41. The maximum absolute atomic E-state index is 13.7. The molecule has 5 nitrogen and oxygen atoms in total. The topological polar surface area (TPSA) is 51.0 Å². The predicted octanol–water partition coefficient (Wildman–Crippen LogP) is 4.60. The van der Waals surface area contributed by atoms with Gasteiger partial charge in [0.1, 0.15) is 12.4 Å². The van der Waals surface area contributed by atoms with Crippen LogP contribution in [-0.2, 0) is 24.4 Å². The minimum Gasteiger partial charge on any atom is -0.331 e. The van der Waals surface area contributed by atoms with E-state index < -0.39 is 0 Å². The van der Waals surface area contributed by atoms with Gasteiger partial charge in [0.15, 0.2) is 0 Å². The summed E-state index contributed by atoms with van der Waals surface area (Å²) in [5, 5.41) is 4.72. The predicted molar refractivity (Wildman–Crippen MR) is 116 cm³/mol. The van der Waals surface area contributed by atoms with Gasteiger partial charge < -0.3 is 4.90 Å². The normalized spacial score (nSPS) is 12.8. The first kappa shape index (κ1) is 19.2. The van der Waals surface area contributed by atoms with Crippen molar-refractivity contribution in [2.75, 3.05) is 0 Å². The van der Waals surface area contributed by atoms with E-state index in [1.165, 1.54) is 6.07 Å². The third kappa shape index (κ3) is 3.72. The molecule has 4 aromatic rings. The van der Waals surface area contributed by atoms with Crippen molar-refractivity contribution in [3.05, 3.63) is 95.6 Å². The van der Waals surface area contributed by atoms with Crippen molar-refractivity contribution >= 4 is 5.91 Å². The zero-order chi connectivity index (χ0) is 21.4. The molecule has 0 aliphatic carbocycles. The molecule has 0 fully saturated rings. The van der Waals surface area contributed by atoms with Crippen molar-refractivity contribution in [3.8, 4) is 22.5 Å². The van der Waals surface area contributed by atoms with E-state index in [2.05, 4.69) is 4.98 Å². The Bertz CT molecular complexity index is 1240. The van der Waals surface area contributed by atoms with Crippen molar-refractivity contribution in [1.29, 1.82) is 0 Å². The minimum absolute atomic E-state index is 0.0138. The summed E-state index contributed by atoms with van der Waals surface area (Å²) in [4.78, 5) is 19.3. The van der Waals surface area contributed by atoms with Crippen LogP contribution in [0.2, 0.25) is 0 Å². The minimum atomic E-state index is -0.246. The molecule has 0 saturated heterocycles. The summed E-state index contributed by atoms with van der Waals surface area (Å²) in [5.41, 5.74) is 5.94. The van der Waals surface area contributed by atoms with Crippen LogP contribution in [0.1, 0.15) is 16.8 Å². The van der Waals surface area contributed by atoms with Crippen LogP contribution in [0.5, 0.6) is 0 Å². The second-order valence-corrected chi connectivity index (χ2v) is 7.76. The van der Waals surface area contributed by atoms with E-state index in [-0.39, 0.29) is 18.3 Å². The summed E-state index contributed by atoms with van der Waals surface area (Å²) in [6.45, 7) is 2.93. The van der Waals surface area contributed by atoms with Crippen LogP contribution in [0.25, 0.3) is 22.5 Å². The fourth-order valence-electron chi connectivity index (χ4n) is 3.93. The first-order valence-electron chi connectivity index (χ1n) is 10.2. The summed E-state index contributed by atoms with van der Waals surface area (Å²) >= 11 is 0. The standard InChI is InChI=1S/C25H21FN4O/c1-17-12-19(9-10-21(17)26)22-13-24(18-6-3-2-4-7-18)30(28-22)16-25(31)29-14-20-8-5-11-27-23(20)15-29/h2-13H,14-16H2,1H3. The number of carbonyl (C=O) groups excluding carboxylic acids is 1. The highest BCUT2D eigenvalue weighted by Gasteiger charge is 2.25. The smallest absolute Gasteiger partial charge is 0.244 e. The highest BCUT2D eigenvalue weighted by atomic mass is 19.1. The number of aryl methyl sites for hydroxylation is 1. The Kier molecular flexibility index (Phi) is 4.82. The molecule has 0 radical (unpaired) electrons. The van der Waals surface area contributed by atoms with Crippen LogP contribution in [0.15, 0.2) is 72.9 Å². The molecule has 0 bridgehead atoms. The van der Waals surface area contributed by atoms with Gasteiger partial charge in [-0.15, -0.1) is 0 Å². The first-order chi connectivity index (χ1) is 15.1. The second-order valence-electron chi connectivity index (χ2n) is 7.76. The lowest BCUT2D eigenvalue weighted by Gasteiger charge is -2.16. The van der Waals surface area contributed by atoms with Gasteiger partial charge in [0, 0.05) is 18.3 Å². The molecule has 0 spiro atoms. The molecule has 0 unspecified atom stereocenters. The molecule has 1 amide bonds. The molecule has 5 rings (SSSR count). The van der Waals surface area contributed by atoms with E-state index in [1.807, 2.05) is 48.5 Å². The number of benzene rings is 2. The van der Waals surface area contributed by atoms with Crippen LogP contribution < -0.4 is 0 Å². The molecule has 154 valence electrons. The SMILES string of the molecule is Cc1cc(-c2cc(-c3ccccc3)n(CC(=O)N3Cc4cccnc4C3)n2)ccc1F. The number of fused-ring (bicyclic) bond motifs is 1. The Morgan fingerprint density at radius 3 is 2.61 bits per heavy atom. The maximum atomic E-state index is 13.7. The van der Waals surface area contributed by atoms with Gasteiger partial charge in [-0.25, -0.2) is 4.39 Å². The molecular formula is C25H21FN4O. The summed E-state index contributed by atoms with van der Waals surface area (Å²) < 4.78 is 15.5. The van der Waals surface area contributed by atoms with Crippen LogP contribution in [0.4, 0.5) is 4.39 Å². The van der Waals surface area contributed by atoms with E-state index >= 15 is 0 Å². The van der Waals surface area contributed by atoms with Crippen LogP contribution >= 0.6 is 0 Å². The van der Waals surface area contributed by atoms with Gasteiger partial charge in [-0.05, 0) is 53.9 Å². The summed E-state index contributed by atoms with van der Waals surface area (Å²) in [6, 6.07) is 20.7. The zero-order valence-corrected chi connectivity index (χ0v) is 17.1. The Morgan fingerprint density at radius 2 is 1.84 bits per heavy atom. The quantitative estimate of drug-likeness (QED) is 0.492. The highest BCUT2D eigenvalue weighted by molar-refractivity contribution is 5.78. The Hall–Kier alpha value is -3.80. The number of amides is 1. The number of hydrogen-bond acceptors (Lipinski definition) is 3. The van der Waals surface area contributed by atoms with E-state index in [1.54, 1.807) is 34.8 Å². The van der Waals surface area contributed by atoms with Crippen molar-refractivity contribution in [3.63, 3.8) is 0 Å². The van der Waals surface area contributed by atoms with Crippen molar-refractivity contribution in [2.45, 2.75) is 26.6 Å². The second kappa shape index (κ2) is 7.80. The van der Waals surface area contributed by atoms with Crippen molar-refractivity contribution < 1.29 is 9.18 Å². The van der Waals surface area contributed by atoms with E-state index in [4.69, 9.17) is 5.10 Å². The van der Waals surface area contributed by atoms with Crippen LogP contribution in [0.3, 0.4) is 0 Å². The number of nitrogens with zero attached hydrogens (tertiary/aromatic N) is 4. The lowest BCUT2D eigenvalue weighted by molar-refractivity contribution is -0.132. The number of carbonyl (C=O) groups is 1. The van der Waals surface area contributed by atoms with Gasteiger partial charge in [-0.3, -0.25) is 14.5 Å². The third-order valence-electron chi connectivity index (χ3n) is 5.63. The third-order valence-corrected chi connectivity index (χ3v) is 5.63. The Labute approximate surface area is 179 Å². The van der Waals surface area contributed by atoms with Gasteiger partial charge in [-0.1, -0.05) is 36.4 Å². The number of aromatic nitrogens is 3. The van der Waals surface area contributed by atoms with Gasteiger partial charge in [-0.2, -0.15) is 5.10 Å². The molecule has 1 aliphatic rings. The van der Waals surface area contributed by atoms with E-state index in [0.29, 0.717) is 24.3 Å². The zero-order valence-electron chi connectivity index (χ0n) is 17.1. The van der Waals surface area contributed by atoms with Crippen LogP contribution in [-0.4, -0.2) is 25.6 Å². The Morgan fingerprint density at radius 1 is 1.00 bits per heavy atom. The van der Waals surface area contributed by atoms with E-state index in [0.717, 1.165) is 28.1 Å². The number of rotatable bonds is 4. The van der Waals surface area contributed by atoms with Crippen LogP contribution in [0, 0.1) is 12.7 Å². The summed E-state index contributed by atoms with van der Waals surface area (Å²) in [6.07, 6.45) is 1.75. The van der Waals surface area contributed by atoms with E-state index in [9.17, 15) is 9.18 Å². The monoisotopic (exact) mass is 412 g/mol. The maximum Gasteiger partial charge on any atom is 0.244 e. The number of pyridine rings is 1. The van der Waals surface area contributed by atoms with Gasteiger partial charge in [0.2, 0.25) is 5.91 Å². The van der Waals surface area contributed by atoms with Gasteiger partial charge in [0.25, 0.3) is 0 Å². The number of hydrogen-bond donors (Lipinski definition) is 0. The molecule has 3 heterocycles.